The highest BCUT2D eigenvalue weighted by molar-refractivity contribution is 8.00. The number of aromatic hydroxyl groups is 2. The van der Waals surface area contributed by atoms with Gasteiger partial charge in [-0.05, 0) is 18.2 Å². The molecule has 1 aromatic heterocycles. The number of carboxylic acids is 2. The van der Waals surface area contributed by atoms with Crippen molar-refractivity contribution >= 4 is 63.6 Å². The molecule has 0 spiro atoms. The average molecular weight is 677 g/mol. The third kappa shape index (κ3) is 6.56. The molecule has 0 saturated carbocycles. The number of nitrogens with two attached hydrogens (primary N) is 1. The Morgan fingerprint density at radius 1 is 1.17 bits per heavy atom. The van der Waals surface area contributed by atoms with Crippen molar-refractivity contribution in [2.45, 2.75) is 11.4 Å². The Morgan fingerprint density at radius 3 is 2.50 bits per heavy atom. The third-order valence-electron chi connectivity index (χ3n) is 7.76. The molecule has 3 aliphatic heterocycles. The smallest absolute Gasteiger partial charge is 0.352 e. The number of thiazole rings is 1. The van der Waals surface area contributed by atoms with Crippen LogP contribution in [0.2, 0.25) is 0 Å². The molecule has 2 fully saturated rings. The highest BCUT2D eigenvalue weighted by Crippen LogP contribution is 2.41. The maximum absolute atomic E-state index is 13.3. The molecule has 7 N–H and O–H groups in total. The van der Waals surface area contributed by atoms with Gasteiger partial charge in [-0.25, -0.2) is 14.6 Å². The number of quaternary nitrogens is 1. The van der Waals surface area contributed by atoms with E-state index in [1.165, 1.54) is 35.3 Å². The quantitative estimate of drug-likeness (QED) is 0.0599. The molecule has 2 saturated heterocycles. The van der Waals surface area contributed by atoms with E-state index in [9.17, 15) is 39.3 Å². The summed E-state index contributed by atoms with van der Waals surface area (Å²) in [5.41, 5.74) is 5.90. The van der Waals surface area contributed by atoms with Crippen LogP contribution in [0.25, 0.3) is 0 Å². The standard InChI is InChI=1S/C27H29N7O10S2/c1-34(6-4-32(5-7-34)23(40)13-2-3-16(35)17(36)8-13)9-14-11-45-25-20(24(41)33(25)21(14)26(42)43)30-22(39)19(31-44-10-18(37)38)15-12-46-27(28)29-15/h2-3,8,12,20,25H,4-7,9-11H2,1H3,(H6-,28,29,30,31,35,36,37,38,39,40,42,43)/p+1/t20-,25-/m1/s1. The molecule has 4 heterocycles. The fourth-order valence-corrected chi connectivity index (χ4v) is 7.26. The van der Waals surface area contributed by atoms with E-state index in [4.69, 9.17) is 15.7 Å². The maximum atomic E-state index is 13.3. The number of fused-ring (bicyclic) bond motifs is 1. The summed E-state index contributed by atoms with van der Waals surface area (Å²) in [6, 6.07) is 2.78. The van der Waals surface area contributed by atoms with Gasteiger partial charge in [-0.2, -0.15) is 0 Å². The number of nitrogens with zero attached hydrogens (tertiary/aromatic N) is 5. The van der Waals surface area contributed by atoms with Gasteiger partial charge in [-0.1, -0.05) is 5.16 Å². The van der Waals surface area contributed by atoms with Gasteiger partial charge in [0.15, 0.2) is 22.3 Å². The SMILES string of the molecule is C[N+]1(CC2=C(C(=O)O)N3C(=O)[C@@H](NC(=O)C(=NOCC(=O)O)c4csc(N)n4)[C@H]3SC2)CCN(C(=O)c2ccc(O)c(O)c2)CC1. The minimum atomic E-state index is -1.32. The van der Waals surface area contributed by atoms with Crippen molar-refractivity contribution in [3.8, 4) is 11.5 Å². The summed E-state index contributed by atoms with van der Waals surface area (Å²) in [6.07, 6.45) is 0. The van der Waals surface area contributed by atoms with E-state index < -0.39 is 53.2 Å². The first-order valence-electron chi connectivity index (χ1n) is 13.8. The molecule has 17 nitrogen and oxygen atoms in total. The maximum Gasteiger partial charge on any atom is 0.352 e. The van der Waals surface area contributed by atoms with Crippen LogP contribution in [0.3, 0.4) is 0 Å². The topological polar surface area (TPSA) is 245 Å². The number of aliphatic carboxylic acids is 2. The van der Waals surface area contributed by atoms with Crippen molar-refractivity contribution in [1.29, 1.82) is 0 Å². The molecule has 0 unspecified atom stereocenters. The highest BCUT2D eigenvalue weighted by Gasteiger charge is 2.55. The third-order valence-corrected chi connectivity index (χ3v) is 9.78. The van der Waals surface area contributed by atoms with E-state index in [0.29, 0.717) is 42.8 Å². The molecule has 3 aliphatic rings. The number of oxime groups is 1. The molecule has 0 radical (unpaired) electrons. The van der Waals surface area contributed by atoms with Gasteiger partial charge in [0, 0.05) is 22.3 Å². The van der Waals surface area contributed by atoms with E-state index in [2.05, 4.69) is 15.5 Å². The van der Waals surface area contributed by atoms with Crippen LogP contribution in [-0.4, -0.2) is 139 Å². The molecule has 0 bridgehead atoms. The van der Waals surface area contributed by atoms with Crippen LogP contribution in [-0.2, 0) is 24.0 Å². The number of phenolic OH excluding ortho intramolecular Hbond substituents is 2. The van der Waals surface area contributed by atoms with Gasteiger partial charge in [0.05, 0.1) is 33.2 Å². The Morgan fingerprint density at radius 2 is 1.89 bits per heavy atom. The van der Waals surface area contributed by atoms with Crippen LogP contribution >= 0.6 is 23.1 Å². The number of hydrogen-bond donors (Lipinski definition) is 6. The van der Waals surface area contributed by atoms with Crippen LogP contribution in [0.5, 0.6) is 11.5 Å². The summed E-state index contributed by atoms with van der Waals surface area (Å²) in [6.45, 7) is 1.22. The minimum absolute atomic E-state index is 0.0127. The summed E-state index contributed by atoms with van der Waals surface area (Å²) in [5.74, 6) is -4.88. The number of β-lactam (4-membered cyclic amide) rings is 1. The summed E-state index contributed by atoms with van der Waals surface area (Å²) in [7, 11) is 1.94. The Labute approximate surface area is 269 Å². The highest BCUT2D eigenvalue weighted by atomic mass is 32.2. The second-order valence-electron chi connectivity index (χ2n) is 11.0. The van der Waals surface area contributed by atoms with Gasteiger partial charge in [0.1, 0.15) is 29.4 Å². The Balaban J connectivity index is 1.26. The van der Waals surface area contributed by atoms with Crippen LogP contribution < -0.4 is 11.1 Å². The van der Waals surface area contributed by atoms with Gasteiger partial charge in [0.2, 0.25) is 6.61 Å². The van der Waals surface area contributed by atoms with Gasteiger partial charge >= 0.3 is 11.9 Å². The van der Waals surface area contributed by atoms with Crippen LogP contribution in [0, 0.1) is 0 Å². The van der Waals surface area contributed by atoms with E-state index in [-0.39, 0.29) is 39.5 Å². The molecule has 244 valence electrons. The zero-order valence-electron chi connectivity index (χ0n) is 24.3. The number of nitrogen functional groups attached to an aromatic ring is 1. The fourth-order valence-electron chi connectivity index (χ4n) is 5.38. The lowest BCUT2D eigenvalue weighted by Crippen LogP contribution is -2.71. The molecular formula is C27H30N7O10S2+. The van der Waals surface area contributed by atoms with E-state index >= 15 is 0 Å². The summed E-state index contributed by atoms with van der Waals surface area (Å²) >= 11 is 2.30. The molecule has 0 aliphatic carbocycles. The second-order valence-corrected chi connectivity index (χ2v) is 13.0. The predicted molar refractivity (Wildman–Crippen MR) is 163 cm³/mol. The van der Waals surface area contributed by atoms with E-state index in [0.717, 1.165) is 16.2 Å². The molecule has 5 rings (SSSR count). The summed E-state index contributed by atoms with van der Waals surface area (Å²) in [5, 5.41) is 45.2. The van der Waals surface area contributed by atoms with E-state index in [1.807, 2.05) is 7.05 Å². The van der Waals surface area contributed by atoms with Gasteiger partial charge in [-0.3, -0.25) is 19.3 Å². The van der Waals surface area contributed by atoms with Gasteiger partial charge < -0.3 is 45.7 Å². The van der Waals surface area contributed by atoms with Crippen LogP contribution in [0.1, 0.15) is 16.1 Å². The number of rotatable bonds is 10. The zero-order valence-corrected chi connectivity index (χ0v) is 25.9. The van der Waals surface area contributed by atoms with Crippen molar-refractivity contribution in [2.24, 2.45) is 5.16 Å². The number of aromatic nitrogens is 1. The molecular weight excluding hydrogens is 646 g/mol. The molecule has 19 heteroatoms. The second kappa shape index (κ2) is 12.9. The summed E-state index contributed by atoms with van der Waals surface area (Å²) in [4.78, 5) is 74.1. The normalized spacial score (nSPS) is 20.9. The molecule has 46 heavy (non-hydrogen) atoms. The number of phenols is 2. The number of benzene rings is 1. The van der Waals surface area contributed by atoms with Crippen molar-refractivity contribution < 1.29 is 53.7 Å². The van der Waals surface area contributed by atoms with Crippen LogP contribution in [0.15, 0.2) is 40.0 Å². The fraction of sp³-hybridized carbons (Fsp3) is 0.370. The number of nitrogens with one attached hydrogen (secondary N) is 1. The lowest BCUT2D eigenvalue weighted by Gasteiger charge is -2.50. The Hall–Kier alpha value is -4.88. The van der Waals surface area contributed by atoms with E-state index in [1.54, 1.807) is 4.90 Å². The van der Waals surface area contributed by atoms with Crippen molar-refractivity contribution in [3.63, 3.8) is 0 Å². The summed E-state index contributed by atoms with van der Waals surface area (Å²) < 4.78 is 0.414. The first kappa shape index (κ1) is 32.5. The van der Waals surface area contributed by atoms with Crippen molar-refractivity contribution in [3.05, 3.63) is 46.1 Å². The zero-order chi connectivity index (χ0) is 33.3. The van der Waals surface area contributed by atoms with Crippen molar-refractivity contribution in [1.82, 2.24) is 20.1 Å². The minimum Gasteiger partial charge on any atom is -0.504 e. The predicted octanol–water partition coefficient (Wildman–Crippen LogP) is -0.717. The molecule has 2 atom stereocenters. The van der Waals surface area contributed by atoms with Gasteiger partial charge in [-0.15, -0.1) is 23.1 Å². The first-order valence-corrected chi connectivity index (χ1v) is 15.7. The number of anilines is 1. The van der Waals surface area contributed by atoms with Gasteiger partial charge in [0.25, 0.3) is 17.7 Å². The van der Waals surface area contributed by atoms with Crippen LogP contribution in [0.4, 0.5) is 5.13 Å². The number of hydrogen-bond acceptors (Lipinski definition) is 13. The molecule has 2 aromatic rings. The Bertz CT molecular complexity index is 1670. The number of piperazine rings is 1. The number of thioether (sulfide) groups is 1. The molecule has 3 amide bonds. The number of carbonyl (C=O) groups is 5. The lowest BCUT2D eigenvalue weighted by molar-refractivity contribution is -0.908. The largest absolute Gasteiger partial charge is 0.504 e. The number of carbonyl (C=O) groups excluding carboxylic acids is 3. The van der Waals surface area contributed by atoms with Crippen molar-refractivity contribution in [2.75, 3.05) is 57.9 Å². The lowest BCUT2D eigenvalue weighted by atomic mass is 10.0. The Kier molecular flexibility index (Phi) is 9.08. The number of carboxylic acid groups (broad SMARTS) is 2. The monoisotopic (exact) mass is 676 g/mol. The number of amides is 3. The first-order chi connectivity index (χ1) is 21.8. The molecule has 1 aromatic carbocycles. The number of likely N-dealkylation sites (N-methyl/N-ethyl adjacent to an activating group) is 1. The average Bonchev–Trinajstić information content (AvgIpc) is 3.44.